The Labute approximate surface area is 130 Å². The monoisotopic (exact) mass is 325 g/mol. The minimum atomic E-state index is -4.36. The molecule has 0 fully saturated rings. The van der Waals surface area contributed by atoms with Gasteiger partial charge in [0.2, 0.25) is 0 Å². The Hall–Kier alpha value is -1.66. The molecule has 0 saturated carbocycles. The number of aliphatic hydroxyl groups is 1. The smallest absolute Gasteiger partial charge is 0.396 e. The van der Waals surface area contributed by atoms with Gasteiger partial charge in [0.05, 0.1) is 16.9 Å². The number of para-hydroxylation sites is 1. The molecule has 0 atom stereocenters. The molecule has 1 aliphatic heterocycles. The van der Waals surface area contributed by atoms with E-state index in [0.29, 0.717) is 18.7 Å². The summed E-state index contributed by atoms with van der Waals surface area (Å²) in [5.41, 5.74) is 0.778. The molecule has 3 rings (SSSR count). The van der Waals surface area contributed by atoms with Crippen molar-refractivity contribution < 1.29 is 18.3 Å². The highest BCUT2D eigenvalue weighted by molar-refractivity contribution is 7.99. The molecule has 2 nitrogen and oxygen atoms in total. The predicted octanol–water partition coefficient (Wildman–Crippen LogP) is 4.69. The molecule has 2 aromatic carbocycles. The minimum absolute atomic E-state index is 0.000104. The number of rotatable bonds is 3. The van der Waals surface area contributed by atoms with Gasteiger partial charge in [-0.25, -0.2) is 0 Å². The normalized spacial score (nSPS) is 13.7. The molecule has 0 unspecified atom stereocenters. The molecule has 0 aliphatic carbocycles. The highest BCUT2D eigenvalue weighted by Gasteiger charge is 2.33. The van der Waals surface area contributed by atoms with Crippen LogP contribution in [0.25, 0.3) is 0 Å². The van der Waals surface area contributed by atoms with Gasteiger partial charge in [0.15, 0.2) is 0 Å². The first kappa shape index (κ1) is 15.2. The van der Waals surface area contributed by atoms with E-state index in [1.54, 1.807) is 0 Å². The number of benzene rings is 2. The molecular formula is C16H14F3NOS. The maximum Gasteiger partial charge on any atom is 0.416 e. The standard InChI is InChI=1S/C16H14F3NOS/c17-16(18,19)11-6-7-15-13(10-11)20(8-3-9-21)12-4-1-2-5-14(12)22-15/h1-2,4-7,10,21H,3,8-9H2. The van der Waals surface area contributed by atoms with Gasteiger partial charge in [-0.15, -0.1) is 0 Å². The third kappa shape index (κ3) is 2.80. The molecule has 0 spiro atoms. The highest BCUT2D eigenvalue weighted by atomic mass is 32.2. The van der Waals surface area contributed by atoms with Crippen LogP contribution in [0.15, 0.2) is 52.3 Å². The lowest BCUT2D eigenvalue weighted by atomic mass is 10.1. The van der Waals surface area contributed by atoms with Crippen LogP contribution in [-0.2, 0) is 6.18 Å². The van der Waals surface area contributed by atoms with Crippen LogP contribution in [0.4, 0.5) is 24.5 Å². The average molecular weight is 325 g/mol. The number of hydrogen-bond donors (Lipinski definition) is 1. The molecule has 1 heterocycles. The Morgan fingerprint density at radius 3 is 2.45 bits per heavy atom. The number of halogens is 3. The van der Waals surface area contributed by atoms with Crippen LogP contribution in [0.3, 0.4) is 0 Å². The fraction of sp³-hybridized carbons (Fsp3) is 0.250. The molecule has 0 amide bonds. The van der Waals surface area contributed by atoms with Crippen molar-refractivity contribution in [1.29, 1.82) is 0 Å². The Balaban J connectivity index is 2.08. The third-order valence-electron chi connectivity index (χ3n) is 3.49. The quantitative estimate of drug-likeness (QED) is 0.885. The predicted molar refractivity (Wildman–Crippen MR) is 80.7 cm³/mol. The van der Waals surface area contributed by atoms with Crippen molar-refractivity contribution in [1.82, 2.24) is 0 Å². The molecule has 0 bridgehead atoms. The second-order valence-electron chi connectivity index (χ2n) is 4.98. The SMILES string of the molecule is OCCCN1c2ccccc2Sc2ccc(C(F)(F)F)cc21. The van der Waals surface area contributed by atoms with E-state index in [9.17, 15) is 13.2 Å². The van der Waals surface area contributed by atoms with Gasteiger partial charge in [-0.05, 0) is 36.8 Å². The molecule has 0 aromatic heterocycles. The zero-order valence-corrected chi connectivity index (χ0v) is 12.4. The van der Waals surface area contributed by atoms with Crippen LogP contribution in [0, 0.1) is 0 Å². The number of hydrogen-bond acceptors (Lipinski definition) is 3. The van der Waals surface area contributed by atoms with E-state index in [0.717, 1.165) is 21.5 Å². The van der Waals surface area contributed by atoms with E-state index in [1.807, 2.05) is 29.2 Å². The summed E-state index contributed by atoms with van der Waals surface area (Å²) in [7, 11) is 0. The lowest BCUT2D eigenvalue weighted by molar-refractivity contribution is -0.137. The number of fused-ring (bicyclic) bond motifs is 2. The molecule has 22 heavy (non-hydrogen) atoms. The van der Waals surface area contributed by atoms with Crippen molar-refractivity contribution in [2.75, 3.05) is 18.1 Å². The summed E-state index contributed by atoms with van der Waals surface area (Å²) in [4.78, 5) is 3.66. The van der Waals surface area contributed by atoms with Gasteiger partial charge in [0.25, 0.3) is 0 Å². The average Bonchev–Trinajstić information content (AvgIpc) is 2.50. The summed E-state index contributed by atoms with van der Waals surface area (Å²) in [6, 6.07) is 11.4. The first-order valence-electron chi connectivity index (χ1n) is 6.87. The van der Waals surface area contributed by atoms with Gasteiger partial charge in [0.1, 0.15) is 0 Å². The number of anilines is 2. The topological polar surface area (TPSA) is 23.5 Å². The lowest BCUT2D eigenvalue weighted by Gasteiger charge is -2.33. The second kappa shape index (κ2) is 5.85. The molecule has 0 radical (unpaired) electrons. The number of aliphatic hydroxyl groups excluding tert-OH is 1. The first-order valence-corrected chi connectivity index (χ1v) is 7.69. The van der Waals surface area contributed by atoms with Gasteiger partial charge < -0.3 is 10.0 Å². The largest absolute Gasteiger partial charge is 0.416 e. The summed E-state index contributed by atoms with van der Waals surface area (Å²) in [6.45, 7) is 0.475. The zero-order valence-electron chi connectivity index (χ0n) is 11.6. The van der Waals surface area contributed by atoms with E-state index in [4.69, 9.17) is 5.11 Å². The molecule has 116 valence electrons. The van der Waals surface area contributed by atoms with Crippen LogP contribution in [-0.4, -0.2) is 18.3 Å². The fourth-order valence-electron chi connectivity index (χ4n) is 2.48. The summed E-state index contributed by atoms with van der Waals surface area (Å²) >= 11 is 1.47. The minimum Gasteiger partial charge on any atom is -0.396 e. The Morgan fingerprint density at radius 1 is 1.00 bits per heavy atom. The summed E-state index contributed by atoms with van der Waals surface area (Å²) in [5.74, 6) is 0. The van der Waals surface area contributed by atoms with E-state index < -0.39 is 11.7 Å². The Kier molecular flexibility index (Phi) is 4.06. The van der Waals surface area contributed by atoms with E-state index in [1.165, 1.54) is 23.9 Å². The van der Waals surface area contributed by atoms with E-state index in [2.05, 4.69) is 0 Å². The van der Waals surface area contributed by atoms with Gasteiger partial charge >= 0.3 is 6.18 Å². The van der Waals surface area contributed by atoms with Gasteiger partial charge in [-0.3, -0.25) is 0 Å². The van der Waals surface area contributed by atoms with E-state index >= 15 is 0 Å². The van der Waals surface area contributed by atoms with Gasteiger partial charge in [-0.1, -0.05) is 23.9 Å². The van der Waals surface area contributed by atoms with Crippen molar-refractivity contribution in [2.45, 2.75) is 22.4 Å². The van der Waals surface area contributed by atoms with Crippen molar-refractivity contribution in [3.8, 4) is 0 Å². The molecule has 1 aliphatic rings. The van der Waals surface area contributed by atoms with Crippen LogP contribution >= 0.6 is 11.8 Å². The summed E-state index contributed by atoms with van der Waals surface area (Å²) < 4.78 is 38.9. The number of nitrogens with zero attached hydrogens (tertiary/aromatic N) is 1. The highest BCUT2D eigenvalue weighted by Crippen LogP contribution is 2.49. The zero-order chi connectivity index (χ0) is 15.7. The molecule has 2 aromatic rings. The molecule has 0 saturated heterocycles. The van der Waals surface area contributed by atoms with Crippen molar-refractivity contribution in [2.24, 2.45) is 0 Å². The van der Waals surface area contributed by atoms with Gasteiger partial charge in [-0.2, -0.15) is 13.2 Å². The maximum absolute atomic E-state index is 13.0. The van der Waals surface area contributed by atoms with E-state index in [-0.39, 0.29) is 6.61 Å². The van der Waals surface area contributed by atoms with Gasteiger partial charge in [0, 0.05) is 22.9 Å². The first-order chi connectivity index (χ1) is 10.5. The van der Waals surface area contributed by atoms with Crippen LogP contribution in [0.5, 0.6) is 0 Å². The third-order valence-corrected chi connectivity index (χ3v) is 4.62. The molecule has 6 heteroatoms. The second-order valence-corrected chi connectivity index (χ2v) is 6.06. The maximum atomic E-state index is 13.0. The summed E-state index contributed by atoms with van der Waals surface area (Å²) in [5, 5.41) is 9.06. The van der Waals surface area contributed by atoms with Crippen LogP contribution in [0.1, 0.15) is 12.0 Å². The molecule has 1 N–H and O–H groups in total. The van der Waals surface area contributed by atoms with Crippen LogP contribution in [0.2, 0.25) is 0 Å². The summed E-state index contributed by atoms with van der Waals surface area (Å²) in [6.07, 6.45) is -3.87. The Bertz CT molecular complexity index is 687. The van der Waals surface area contributed by atoms with Crippen molar-refractivity contribution in [3.63, 3.8) is 0 Å². The lowest BCUT2D eigenvalue weighted by Crippen LogP contribution is -2.23. The number of alkyl halides is 3. The Morgan fingerprint density at radius 2 is 1.73 bits per heavy atom. The van der Waals surface area contributed by atoms with Crippen molar-refractivity contribution in [3.05, 3.63) is 48.0 Å². The fourth-order valence-corrected chi connectivity index (χ4v) is 3.55. The molecular weight excluding hydrogens is 311 g/mol. The van der Waals surface area contributed by atoms with Crippen LogP contribution < -0.4 is 4.90 Å². The van der Waals surface area contributed by atoms with Crippen molar-refractivity contribution >= 4 is 23.1 Å².